The Labute approximate surface area is 149 Å². The largest absolute Gasteiger partial charge is 1.00 e. The van der Waals surface area contributed by atoms with Gasteiger partial charge in [0, 0.05) is 6.61 Å². The first-order valence-corrected chi connectivity index (χ1v) is 8.76. The van der Waals surface area contributed by atoms with Crippen LogP contribution in [0.5, 0.6) is 0 Å². The lowest BCUT2D eigenvalue weighted by Gasteiger charge is -2.37. The second kappa shape index (κ2) is 14.2. The third kappa shape index (κ3) is 11.8. The highest BCUT2D eigenvalue weighted by Crippen LogP contribution is 2.09. The maximum Gasteiger partial charge on any atom is 0.102 e. The molecular weight excluding hydrogens is 377 g/mol. The molecular formula is C17H36INO2. The van der Waals surface area contributed by atoms with Gasteiger partial charge in [0.25, 0.3) is 0 Å². The van der Waals surface area contributed by atoms with E-state index in [1.54, 1.807) is 0 Å². The number of ether oxygens (including phenoxy) is 2. The molecule has 3 nitrogen and oxygen atoms in total. The van der Waals surface area contributed by atoms with E-state index in [0.29, 0.717) is 0 Å². The van der Waals surface area contributed by atoms with Crippen molar-refractivity contribution < 1.29 is 37.9 Å². The van der Waals surface area contributed by atoms with E-state index in [2.05, 4.69) is 14.0 Å². The van der Waals surface area contributed by atoms with Gasteiger partial charge in [0.05, 0.1) is 26.9 Å². The fraction of sp³-hybridized carbons (Fsp3) is 1.00. The topological polar surface area (TPSA) is 18.5 Å². The molecule has 0 atom stereocenters. The number of nitrogens with zero attached hydrogens (tertiary/aromatic N) is 1. The highest BCUT2D eigenvalue weighted by Gasteiger charge is 2.24. The normalized spacial score (nSPS) is 17.4. The molecule has 1 saturated heterocycles. The number of morpholine rings is 1. The fourth-order valence-corrected chi connectivity index (χ4v) is 2.73. The van der Waals surface area contributed by atoms with E-state index in [4.69, 9.17) is 9.47 Å². The van der Waals surface area contributed by atoms with Gasteiger partial charge in [0.2, 0.25) is 0 Å². The van der Waals surface area contributed by atoms with Crippen molar-refractivity contribution in [3.05, 3.63) is 0 Å². The van der Waals surface area contributed by atoms with Gasteiger partial charge >= 0.3 is 0 Å². The van der Waals surface area contributed by atoms with Gasteiger partial charge in [-0.25, -0.2) is 0 Å². The van der Waals surface area contributed by atoms with Crippen LogP contribution in [-0.4, -0.2) is 57.6 Å². The second-order valence-electron chi connectivity index (χ2n) is 6.49. The minimum atomic E-state index is 0. The van der Waals surface area contributed by atoms with E-state index in [0.717, 1.165) is 50.5 Å². The van der Waals surface area contributed by atoms with Crippen LogP contribution in [0.15, 0.2) is 0 Å². The molecule has 0 saturated carbocycles. The average Bonchev–Trinajstić information content (AvgIpc) is 2.45. The van der Waals surface area contributed by atoms with E-state index in [-0.39, 0.29) is 24.0 Å². The molecule has 0 aliphatic carbocycles. The molecule has 1 rings (SSSR count). The first kappa shape index (κ1) is 21.6. The molecule has 0 bridgehead atoms. The molecule has 128 valence electrons. The molecule has 0 aromatic heterocycles. The number of likely N-dealkylation sites (N-methyl/N-ethyl adjacent to an activating group) is 1. The summed E-state index contributed by atoms with van der Waals surface area (Å²) in [4.78, 5) is 0. The van der Waals surface area contributed by atoms with Crippen LogP contribution >= 0.6 is 0 Å². The minimum Gasteiger partial charge on any atom is -1.00 e. The molecule has 1 aliphatic heterocycles. The summed E-state index contributed by atoms with van der Waals surface area (Å²) in [7, 11) is 2.32. The van der Waals surface area contributed by atoms with E-state index < -0.39 is 0 Å². The van der Waals surface area contributed by atoms with Crippen LogP contribution in [0, 0.1) is 0 Å². The summed E-state index contributed by atoms with van der Waals surface area (Å²) in [5, 5.41) is 0. The number of hydrogen-bond acceptors (Lipinski definition) is 2. The Morgan fingerprint density at radius 2 is 1.43 bits per heavy atom. The van der Waals surface area contributed by atoms with Crippen LogP contribution in [0.1, 0.15) is 58.3 Å². The van der Waals surface area contributed by atoms with Gasteiger partial charge in [-0.2, -0.15) is 0 Å². The van der Waals surface area contributed by atoms with Crippen LogP contribution in [0.4, 0.5) is 0 Å². The van der Waals surface area contributed by atoms with Crippen molar-refractivity contribution in [3.8, 4) is 0 Å². The molecule has 0 aromatic carbocycles. The van der Waals surface area contributed by atoms with Gasteiger partial charge in [0.1, 0.15) is 19.6 Å². The monoisotopic (exact) mass is 413 g/mol. The van der Waals surface area contributed by atoms with Crippen molar-refractivity contribution in [1.29, 1.82) is 0 Å². The highest BCUT2D eigenvalue weighted by molar-refractivity contribution is 4.48. The molecule has 21 heavy (non-hydrogen) atoms. The molecule has 4 heteroatoms. The van der Waals surface area contributed by atoms with Gasteiger partial charge in [-0.3, -0.25) is 0 Å². The lowest BCUT2D eigenvalue weighted by atomic mass is 10.1. The maximum atomic E-state index is 5.79. The van der Waals surface area contributed by atoms with Crippen LogP contribution in [0.25, 0.3) is 0 Å². The van der Waals surface area contributed by atoms with Crippen LogP contribution < -0.4 is 24.0 Å². The lowest BCUT2D eigenvalue weighted by molar-refractivity contribution is -0.917. The standard InChI is InChI=1S/C17H36NO2.HI/c1-3-4-5-6-7-8-9-10-14-19-15-11-18(2)12-16-20-17-13-18;/h3-17H2,1-2H3;1H/q+1;/p-1. The van der Waals surface area contributed by atoms with Gasteiger partial charge in [-0.05, 0) is 6.42 Å². The molecule has 1 fully saturated rings. The molecule has 1 heterocycles. The van der Waals surface area contributed by atoms with Gasteiger partial charge < -0.3 is 37.9 Å². The van der Waals surface area contributed by atoms with Gasteiger partial charge in [-0.1, -0.05) is 51.9 Å². The first-order valence-electron chi connectivity index (χ1n) is 8.76. The highest BCUT2D eigenvalue weighted by atomic mass is 127. The third-order valence-electron chi connectivity index (χ3n) is 4.47. The number of unbranched alkanes of at least 4 members (excludes halogenated alkanes) is 7. The number of quaternary nitrogens is 1. The van der Waals surface area contributed by atoms with Crippen molar-refractivity contribution in [1.82, 2.24) is 0 Å². The van der Waals surface area contributed by atoms with Crippen molar-refractivity contribution >= 4 is 0 Å². The van der Waals surface area contributed by atoms with Crippen LogP contribution in [0.2, 0.25) is 0 Å². The Balaban J connectivity index is 0.00000400. The molecule has 0 amide bonds. The predicted octanol–water partition coefficient (Wildman–Crippen LogP) is 0.625. The SMILES string of the molecule is CCCCCCCCCCOCC[N+]1(C)CCOCC1.[I-]. The second-order valence-corrected chi connectivity index (χ2v) is 6.49. The van der Waals surface area contributed by atoms with Crippen LogP contribution in [-0.2, 0) is 9.47 Å². The van der Waals surface area contributed by atoms with Crippen molar-refractivity contribution in [2.45, 2.75) is 58.3 Å². The Morgan fingerprint density at radius 3 is 2.05 bits per heavy atom. The summed E-state index contributed by atoms with van der Waals surface area (Å²) in [5.41, 5.74) is 0. The van der Waals surface area contributed by atoms with Crippen molar-refractivity contribution in [2.24, 2.45) is 0 Å². The fourth-order valence-electron chi connectivity index (χ4n) is 2.73. The van der Waals surface area contributed by atoms with E-state index in [1.807, 2.05) is 0 Å². The van der Waals surface area contributed by atoms with Gasteiger partial charge in [0.15, 0.2) is 0 Å². The van der Waals surface area contributed by atoms with E-state index >= 15 is 0 Å². The molecule has 0 spiro atoms. The van der Waals surface area contributed by atoms with Crippen molar-refractivity contribution in [2.75, 3.05) is 53.1 Å². The molecule has 0 N–H and O–H groups in total. The average molecular weight is 413 g/mol. The summed E-state index contributed by atoms with van der Waals surface area (Å²) in [5.74, 6) is 0. The number of halogens is 1. The zero-order valence-electron chi connectivity index (χ0n) is 14.2. The predicted molar refractivity (Wildman–Crippen MR) is 85.0 cm³/mol. The zero-order valence-corrected chi connectivity index (χ0v) is 16.4. The molecule has 1 aliphatic rings. The molecule has 0 radical (unpaired) electrons. The Hall–Kier alpha value is 0.610. The number of hydrogen-bond donors (Lipinski definition) is 0. The summed E-state index contributed by atoms with van der Waals surface area (Å²) >= 11 is 0. The summed E-state index contributed by atoms with van der Waals surface area (Å²) in [6.07, 6.45) is 11.0. The Morgan fingerprint density at radius 1 is 0.857 bits per heavy atom. The molecule has 0 aromatic rings. The molecule has 0 unspecified atom stereocenters. The summed E-state index contributed by atoms with van der Waals surface area (Å²) in [6.45, 7) is 9.38. The zero-order chi connectivity index (χ0) is 14.5. The Bertz CT molecular complexity index is 221. The minimum absolute atomic E-state index is 0. The lowest BCUT2D eigenvalue weighted by Crippen LogP contribution is -3.00. The summed E-state index contributed by atoms with van der Waals surface area (Å²) < 4.78 is 12.3. The Kier molecular flexibility index (Phi) is 14.6. The van der Waals surface area contributed by atoms with E-state index in [1.165, 1.54) is 51.4 Å². The number of rotatable bonds is 12. The maximum absolute atomic E-state index is 5.79. The van der Waals surface area contributed by atoms with Crippen molar-refractivity contribution in [3.63, 3.8) is 0 Å². The van der Waals surface area contributed by atoms with Gasteiger partial charge in [-0.15, -0.1) is 0 Å². The van der Waals surface area contributed by atoms with Crippen LogP contribution in [0.3, 0.4) is 0 Å². The third-order valence-corrected chi connectivity index (χ3v) is 4.47. The van der Waals surface area contributed by atoms with E-state index in [9.17, 15) is 0 Å². The first-order chi connectivity index (χ1) is 9.77. The summed E-state index contributed by atoms with van der Waals surface area (Å²) in [6, 6.07) is 0. The quantitative estimate of drug-likeness (QED) is 0.266. The smallest absolute Gasteiger partial charge is 0.102 e.